The number of nitrogens with one attached hydrogen (secondary N) is 1. The number of hydrogen-bond acceptors (Lipinski definition) is 2. The van der Waals surface area contributed by atoms with Gasteiger partial charge in [-0.2, -0.15) is 0 Å². The smallest absolute Gasteiger partial charge is 0.251 e. The minimum absolute atomic E-state index is 0.0352. The Morgan fingerprint density at radius 2 is 1.52 bits per heavy atom. The fraction of sp³-hybridized carbons (Fsp3) is 0.222. The summed E-state index contributed by atoms with van der Waals surface area (Å²) in [4.78, 5) is 24.4. The molecule has 21 heavy (non-hydrogen) atoms. The Hall–Kier alpha value is -2.42. The molecule has 0 radical (unpaired) electrons. The van der Waals surface area contributed by atoms with Crippen molar-refractivity contribution in [3.8, 4) is 0 Å². The molecule has 1 N–H and O–H groups in total. The van der Waals surface area contributed by atoms with E-state index in [1.807, 2.05) is 55.5 Å². The second-order valence-electron chi connectivity index (χ2n) is 4.93. The van der Waals surface area contributed by atoms with Gasteiger partial charge in [0.2, 0.25) is 0 Å². The van der Waals surface area contributed by atoms with Crippen LogP contribution in [0, 0.1) is 0 Å². The average Bonchev–Trinajstić information content (AvgIpc) is 2.54. The van der Waals surface area contributed by atoms with Gasteiger partial charge in [-0.1, -0.05) is 55.5 Å². The van der Waals surface area contributed by atoms with E-state index >= 15 is 0 Å². The molecule has 0 aliphatic rings. The Labute approximate surface area is 125 Å². The Morgan fingerprint density at radius 1 is 0.952 bits per heavy atom. The lowest BCUT2D eigenvalue weighted by molar-refractivity contribution is -0.120. The maximum atomic E-state index is 12.3. The quantitative estimate of drug-likeness (QED) is 0.884. The summed E-state index contributed by atoms with van der Waals surface area (Å²) < 4.78 is 0. The zero-order valence-electron chi connectivity index (χ0n) is 12.1. The van der Waals surface area contributed by atoms with Gasteiger partial charge in [0.1, 0.15) is 0 Å². The van der Waals surface area contributed by atoms with E-state index in [0.29, 0.717) is 18.4 Å². The second kappa shape index (κ2) is 7.39. The first-order valence-corrected chi connectivity index (χ1v) is 7.13. The van der Waals surface area contributed by atoms with E-state index in [4.69, 9.17) is 0 Å². The maximum absolute atomic E-state index is 12.3. The topological polar surface area (TPSA) is 46.2 Å². The van der Waals surface area contributed by atoms with Gasteiger partial charge in [0.05, 0.1) is 6.04 Å². The number of amides is 1. The van der Waals surface area contributed by atoms with Crippen LogP contribution in [0.5, 0.6) is 0 Å². The zero-order valence-corrected chi connectivity index (χ0v) is 12.1. The normalized spacial score (nSPS) is 11.7. The van der Waals surface area contributed by atoms with Crippen LogP contribution < -0.4 is 5.32 Å². The Bertz CT molecular complexity index is 593. The van der Waals surface area contributed by atoms with Gasteiger partial charge in [0, 0.05) is 12.0 Å². The van der Waals surface area contributed by atoms with Crippen molar-refractivity contribution in [1.82, 2.24) is 5.32 Å². The van der Waals surface area contributed by atoms with Gasteiger partial charge in [0.25, 0.3) is 5.91 Å². The molecule has 108 valence electrons. The molecule has 1 unspecified atom stereocenters. The largest absolute Gasteiger partial charge is 0.342 e. The second-order valence-corrected chi connectivity index (χ2v) is 4.93. The van der Waals surface area contributed by atoms with Gasteiger partial charge in [-0.15, -0.1) is 0 Å². The molecule has 0 bridgehead atoms. The maximum Gasteiger partial charge on any atom is 0.251 e. The highest BCUT2D eigenvalue weighted by Gasteiger charge is 2.19. The summed E-state index contributed by atoms with van der Waals surface area (Å²) in [5.74, 6) is -0.170. The van der Waals surface area contributed by atoms with Crippen LogP contribution in [0.1, 0.15) is 29.3 Å². The summed E-state index contributed by atoms with van der Waals surface area (Å²) in [5, 5.41) is 2.81. The summed E-state index contributed by atoms with van der Waals surface area (Å²) in [6.45, 7) is 1.90. The molecule has 0 fully saturated rings. The van der Waals surface area contributed by atoms with Crippen LogP contribution in [0.15, 0.2) is 60.7 Å². The van der Waals surface area contributed by atoms with Crippen LogP contribution in [0.2, 0.25) is 0 Å². The molecule has 0 aliphatic heterocycles. The first kappa shape index (κ1) is 15.0. The van der Waals surface area contributed by atoms with Crippen molar-refractivity contribution in [2.75, 3.05) is 0 Å². The van der Waals surface area contributed by atoms with E-state index in [1.54, 1.807) is 12.1 Å². The van der Waals surface area contributed by atoms with Crippen molar-refractivity contribution in [3.63, 3.8) is 0 Å². The molecule has 3 heteroatoms. The van der Waals surface area contributed by atoms with Crippen molar-refractivity contribution in [1.29, 1.82) is 0 Å². The molecule has 2 aromatic carbocycles. The molecule has 2 rings (SSSR count). The van der Waals surface area contributed by atoms with Gasteiger partial charge in [-0.3, -0.25) is 9.59 Å². The minimum atomic E-state index is -0.446. The fourth-order valence-corrected chi connectivity index (χ4v) is 2.16. The molecule has 0 spiro atoms. The molecule has 0 aromatic heterocycles. The van der Waals surface area contributed by atoms with Crippen LogP contribution in [-0.2, 0) is 11.2 Å². The van der Waals surface area contributed by atoms with Crippen molar-refractivity contribution < 1.29 is 9.59 Å². The highest BCUT2D eigenvalue weighted by atomic mass is 16.2. The predicted octanol–water partition coefficient (Wildman–Crippen LogP) is 3.01. The van der Waals surface area contributed by atoms with E-state index in [0.717, 1.165) is 5.56 Å². The molecular weight excluding hydrogens is 262 g/mol. The molecule has 1 amide bonds. The number of carbonyl (C=O) groups excluding carboxylic acids is 2. The summed E-state index contributed by atoms with van der Waals surface area (Å²) in [6.07, 6.45) is 0.929. The van der Waals surface area contributed by atoms with Gasteiger partial charge in [-0.25, -0.2) is 0 Å². The summed E-state index contributed by atoms with van der Waals surface area (Å²) in [7, 11) is 0. The first-order valence-electron chi connectivity index (χ1n) is 7.13. The lowest BCUT2D eigenvalue weighted by Gasteiger charge is -2.16. The molecule has 0 aliphatic carbocycles. The highest BCUT2D eigenvalue weighted by molar-refractivity contribution is 5.98. The summed E-state index contributed by atoms with van der Waals surface area (Å²) in [6, 6.07) is 18.1. The lowest BCUT2D eigenvalue weighted by Crippen LogP contribution is -2.41. The third-order valence-electron chi connectivity index (χ3n) is 3.36. The van der Waals surface area contributed by atoms with Crippen molar-refractivity contribution in [2.45, 2.75) is 25.8 Å². The van der Waals surface area contributed by atoms with Crippen molar-refractivity contribution in [2.24, 2.45) is 0 Å². The number of ketones is 1. The number of Topliss-reactive ketones (excluding diaryl/α,β-unsaturated/α-hetero) is 1. The standard InChI is InChI=1S/C18H19NO2/c1-2-16(17(20)13-14-9-5-3-6-10-14)19-18(21)15-11-7-4-8-12-15/h3-12,16H,2,13H2,1H3,(H,19,21). The van der Waals surface area contributed by atoms with E-state index in [9.17, 15) is 9.59 Å². The van der Waals surface area contributed by atoms with Gasteiger partial charge in [-0.05, 0) is 24.1 Å². The molecular formula is C18H19NO2. The molecule has 0 saturated heterocycles. The van der Waals surface area contributed by atoms with Gasteiger partial charge >= 0.3 is 0 Å². The summed E-state index contributed by atoms with van der Waals surface area (Å²) >= 11 is 0. The Morgan fingerprint density at radius 3 is 2.10 bits per heavy atom. The van der Waals surface area contributed by atoms with Crippen LogP contribution in [0.25, 0.3) is 0 Å². The monoisotopic (exact) mass is 281 g/mol. The van der Waals surface area contributed by atoms with Crippen LogP contribution >= 0.6 is 0 Å². The lowest BCUT2D eigenvalue weighted by atomic mass is 10.0. The van der Waals surface area contributed by atoms with Crippen molar-refractivity contribution >= 4 is 11.7 Å². The first-order chi connectivity index (χ1) is 10.2. The van der Waals surface area contributed by atoms with E-state index < -0.39 is 6.04 Å². The van der Waals surface area contributed by atoms with Gasteiger partial charge < -0.3 is 5.32 Å². The van der Waals surface area contributed by atoms with E-state index in [2.05, 4.69) is 5.32 Å². The molecule has 0 saturated carbocycles. The number of carbonyl (C=O) groups is 2. The molecule has 2 aromatic rings. The minimum Gasteiger partial charge on any atom is -0.342 e. The molecule has 0 heterocycles. The third-order valence-corrected chi connectivity index (χ3v) is 3.36. The number of benzene rings is 2. The predicted molar refractivity (Wildman–Crippen MR) is 83.1 cm³/mol. The van der Waals surface area contributed by atoms with Crippen LogP contribution in [0.3, 0.4) is 0 Å². The number of rotatable bonds is 6. The number of hydrogen-bond donors (Lipinski definition) is 1. The van der Waals surface area contributed by atoms with Crippen LogP contribution in [-0.4, -0.2) is 17.7 Å². The van der Waals surface area contributed by atoms with Crippen molar-refractivity contribution in [3.05, 3.63) is 71.8 Å². The van der Waals surface area contributed by atoms with E-state index in [-0.39, 0.29) is 11.7 Å². The molecule has 1 atom stereocenters. The third kappa shape index (κ3) is 4.28. The Kier molecular flexibility index (Phi) is 5.27. The van der Waals surface area contributed by atoms with E-state index in [1.165, 1.54) is 0 Å². The zero-order chi connectivity index (χ0) is 15.1. The fourth-order valence-electron chi connectivity index (χ4n) is 2.16. The Balaban J connectivity index is 1.99. The van der Waals surface area contributed by atoms with Gasteiger partial charge in [0.15, 0.2) is 5.78 Å². The SMILES string of the molecule is CCC(NC(=O)c1ccccc1)C(=O)Cc1ccccc1. The van der Waals surface area contributed by atoms with Crippen LogP contribution in [0.4, 0.5) is 0 Å². The summed E-state index contributed by atoms with van der Waals surface area (Å²) in [5.41, 5.74) is 1.54. The highest BCUT2D eigenvalue weighted by Crippen LogP contribution is 2.06. The average molecular weight is 281 g/mol. The molecule has 3 nitrogen and oxygen atoms in total.